The van der Waals surface area contributed by atoms with Crippen molar-refractivity contribution in [3.05, 3.63) is 79.1 Å². The van der Waals surface area contributed by atoms with Crippen molar-refractivity contribution in [1.82, 2.24) is 4.98 Å². The molecule has 42 heavy (non-hydrogen) atoms. The number of allylic oxidation sites excluding steroid dienone is 7. The predicted octanol–water partition coefficient (Wildman–Crippen LogP) is 6.08. The average molecular weight is 655 g/mol. The summed E-state index contributed by atoms with van der Waals surface area (Å²) in [6, 6.07) is 0. The van der Waals surface area contributed by atoms with E-state index in [-0.39, 0.29) is 26.2 Å². The van der Waals surface area contributed by atoms with Crippen molar-refractivity contribution in [2.24, 2.45) is 20.4 Å². The van der Waals surface area contributed by atoms with Crippen LogP contribution in [0, 0.1) is 5.41 Å². The number of rotatable bonds is 8. The molecule has 5 rings (SSSR count). The zero-order valence-electron chi connectivity index (χ0n) is 26.5. The fraction of sp³-hybridized carbons (Fsp3) is 0.472. The fourth-order valence-electron chi connectivity index (χ4n) is 7.17. The third-order valence-corrected chi connectivity index (χ3v) is 9.49. The summed E-state index contributed by atoms with van der Waals surface area (Å²) in [6.45, 7) is 17.4. The summed E-state index contributed by atoms with van der Waals surface area (Å²) >= 11 is 0. The summed E-state index contributed by atoms with van der Waals surface area (Å²) in [6.07, 6.45) is 15.1. The quantitative estimate of drug-likeness (QED) is 0.319. The molecule has 4 aliphatic rings. The van der Waals surface area contributed by atoms with E-state index in [0.717, 1.165) is 77.8 Å². The van der Waals surface area contributed by atoms with E-state index in [1.54, 1.807) is 0 Å². The van der Waals surface area contributed by atoms with Gasteiger partial charge in [-0.2, -0.15) is 0 Å². The second-order valence-corrected chi connectivity index (χ2v) is 11.2. The van der Waals surface area contributed by atoms with Crippen molar-refractivity contribution < 1.29 is 25.5 Å². The molecule has 6 heteroatoms. The predicted molar refractivity (Wildman–Crippen MR) is 170 cm³/mol. The van der Waals surface area contributed by atoms with Gasteiger partial charge in [-0.1, -0.05) is 84.4 Å². The monoisotopic (exact) mass is 654 g/mol. The number of hydrogen-bond acceptors (Lipinski definition) is 4. The number of aliphatic imine (C=N–C) groups is 3. The van der Waals surface area contributed by atoms with Gasteiger partial charge >= 0.3 is 20.4 Å². The van der Waals surface area contributed by atoms with Gasteiger partial charge in [0.15, 0.2) is 0 Å². The van der Waals surface area contributed by atoms with E-state index >= 15 is 0 Å². The number of hydrogen-bond donors (Lipinski definition) is 0. The molecule has 4 aliphatic heterocycles. The van der Waals surface area contributed by atoms with Gasteiger partial charge in [-0.05, 0) is 85.8 Å². The van der Waals surface area contributed by atoms with Crippen molar-refractivity contribution in [2.75, 3.05) is 0 Å². The maximum Gasteiger partial charge on any atom is 2.00 e. The molecule has 1 aromatic heterocycles. The largest absolute Gasteiger partial charge is 2.00 e. The molecule has 0 radical (unpaired) electrons. The molecular weight excluding hydrogens is 611 g/mol. The molecule has 0 fully saturated rings. The van der Waals surface area contributed by atoms with Crippen LogP contribution in [0.25, 0.3) is 12.2 Å². The molecule has 224 valence electrons. The van der Waals surface area contributed by atoms with Crippen LogP contribution in [0.3, 0.4) is 0 Å². The zero-order valence-corrected chi connectivity index (χ0v) is 28.0. The van der Waals surface area contributed by atoms with E-state index in [0.29, 0.717) is 18.5 Å². The molecule has 0 amide bonds. The minimum absolute atomic E-state index is 0. The van der Waals surface area contributed by atoms with Crippen LogP contribution >= 0.6 is 0 Å². The van der Waals surface area contributed by atoms with Gasteiger partial charge in [0.1, 0.15) is 0 Å². The third-order valence-electron chi connectivity index (χ3n) is 9.49. The summed E-state index contributed by atoms with van der Waals surface area (Å²) in [5.41, 5.74) is 12.0. The van der Waals surface area contributed by atoms with Gasteiger partial charge in [0, 0.05) is 5.41 Å². The van der Waals surface area contributed by atoms with E-state index in [9.17, 15) is 5.11 Å². The standard InChI is InChI=1S/C36H45N4O.Pd/c1-9-21-22(10-2)28-18-30-25(13-5)26(14-6)32(39-30)20-34-36(15-7,16-8)35(41)33(40-34)19-31-24(12-4)23(11-3)29(38-31)17-27(21)37-28;/h17-20H,9-16H2,1-8H3,(H-,37,38,39,40,41);/q-1;+2/p-1. The van der Waals surface area contributed by atoms with E-state index in [1.165, 1.54) is 33.4 Å². The maximum absolute atomic E-state index is 14.1. The van der Waals surface area contributed by atoms with Gasteiger partial charge in [0.05, 0.1) is 34.2 Å². The maximum atomic E-state index is 14.1. The summed E-state index contributed by atoms with van der Waals surface area (Å²) in [7, 11) is 0. The third kappa shape index (κ3) is 4.95. The summed E-state index contributed by atoms with van der Waals surface area (Å²) in [5, 5.41) is 16.1. The molecule has 0 N–H and O–H groups in total. The molecule has 0 atom stereocenters. The van der Waals surface area contributed by atoms with Crippen LogP contribution in [0.5, 0.6) is 0 Å². The number of fused-ring (bicyclic) bond motifs is 5. The van der Waals surface area contributed by atoms with Crippen LogP contribution in [-0.4, -0.2) is 17.1 Å². The van der Waals surface area contributed by atoms with Crippen LogP contribution < -0.4 is 20.8 Å². The van der Waals surface area contributed by atoms with Gasteiger partial charge in [0.2, 0.25) is 0 Å². The Morgan fingerprint density at radius 2 is 1.05 bits per heavy atom. The Morgan fingerprint density at radius 1 is 0.595 bits per heavy atom. The Bertz CT molecular complexity index is 1660. The molecule has 0 aromatic carbocycles. The first-order valence-electron chi connectivity index (χ1n) is 15.8. The van der Waals surface area contributed by atoms with Crippen molar-refractivity contribution in [3.63, 3.8) is 0 Å². The zero-order chi connectivity index (χ0) is 29.5. The van der Waals surface area contributed by atoms with Crippen molar-refractivity contribution >= 4 is 29.3 Å². The Kier molecular flexibility index (Phi) is 9.80. The normalized spacial score (nSPS) is 19.2. The molecule has 0 spiro atoms. The van der Waals surface area contributed by atoms with E-state index in [1.807, 2.05) is 6.08 Å². The molecule has 0 unspecified atom stereocenters. The Balaban J connectivity index is 0.00000405. The van der Waals surface area contributed by atoms with Crippen molar-refractivity contribution in [3.8, 4) is 0 Å². The smallest absolute Gasteiger partial charge is 0.873 e. The number of aromatic nitrogens is 1. The second kappa shape index (κ2) is 12.8. The van der Waals surface area contributed by atoms with Crippen LogP contribution in [0.2, 0.25) is 0 Å². The molecular formula is C36H44N4OPd. The Morgan fingerprint density at radius 3 is 1.45 bits per heavy atom. The van der Waals surface area contributed by atoms with Crippen molar-refractivity contribution in [1.29, 1.82) is 0 Å². The minimum atomic E-state index is -0.644. The van der Waals surface area contributed by atoms with E-state index in [4.69, 9.17) is 20.0 Å². The summed E-state index contributed by atoms with van der Waals surface area (Å²) < 4.78 is 0. The Labute approximate surface area is 265 Å². The molecule has 0 saturated carbocycles. The summed E-state index contributed by atoms with van der Waals surface area (Å²) in [5.74, 6) is 0.0987. The van der Waals surface area contributed by atoms with E-state index < -0.39 is 5.41 Å². The first kappa shape index (κ1) is 32.1. The van der Waals surface area contributed by atoms with Gasteiger partial charge in [0.25, 0.3) is 0 Å². The topological polar surface area (TPSA) is 74.2 Å². The SMILES string of the molecule is CCC1=C(CC)C2=NC1=CC1=NC(=C([O-])C1(CC)CC)C=C1N=C(C=c3[n-]c(c(CC)c3CC)=C2)C(CC)=C1CC.[Pd+2]. The molecule has 5 nitrogen and oxygen atoms in total. The molecule has 0 aliphatic carbocycles. The second-order valence-electron chi connectivity index (χ2n) is 11.2. The van der Waals surface area contributed by atoms with Crippen molar-refractivity contribution in [2.45, 2.75) is 107 Å². The van der Waals surface area contributed by atoms with Gasteiger partial charge in [-0.15, -0.1) is 10.7 Å². The average Bonchev–Trinajstić information content (AvgIpc) is 3.67. The molecule has 0 saturated heterocycles. The minimum Gasteiger partial charge on any atom is -0.873 e. The summed E-state index contributed by atoms with van der Waals surface area (Å²) in [4.78, 5) is 20.6. The molecule has 1 aromatic rings. The molecule has 8 bridgehead atoms. The number of nitrogens with zero attached hydrogens (tertiary/aromatic N) is 4. The van der Waals surface area contributed by atoms with Gasteiger partial charge < -0.3 is 10.1 Å². The van der Waals surface area contributed by atoms with Crippen LogP contribution in [-0.2, 0) is 33.3 Å². The van der Waals surface area contributed by atoms with E-state index in [2.05, 4.69) is 73.6 Å². The Hall–Kier alpha value is -2.81. The van der Waals surface area contributed by atoms with Gasteiger partial charge in [-0.3, -0.25) is 4.99 Å². The molecule has 5 heterocycles. The fourth-order valence-corrected chi connectivity index (χ4v) is 7.17. The first-order chi connectivity index (χ1) is 19.8. The van der Waals surface area contributed by atoms with Gasteiger partial charge in [-0.25, -0.2) is 9.98 Å². The van der Waals surface area contributed by atoms with Crippen LogP contribution in [0.15, 0.2) is 72.3 Å². The van der Waals surface area contributed by atoms with Crippen LogP contribution in [0.4, 0.5) is 0 Å². The van der Waals surface area contributed by atoms with Crippen LogP contribution in [0.1, 0.15) is 105 Å². The first-order valence-corrected chi connectivity index (χ1v) is 15.8.